The summed E-state index contributed by atoms with van der Waals surface area (Å²) in [6.07, 6.45) is 3.43. The molecule has 2 aromatic heterocycles. The highest BCUT2D eigenvalue weighted by molar-refractivity contribution is 7.19. The predicted octanol–water partition coefficient (Wildman–Crippen LogP) is 1.97. The van der Waals surface area contributed by atoms with Gasteiger partial charge in [-0.3, -0.25) is 9.69 Å². The smallest absolute Gasteiger partial charge is 0.239 e. The van der Waals surface area contributed by atoms with Crippen LogP contribution in [0.15, 0.2) is 0 Å². The lowest BCUT2D eigenvalue weighted by Gasteiger charge is -2.27. The Morgan fingerprint density at radius 2 is 2.07 bits per heavy atom. The molecule has 0 spiro atoms. The summed E-state index contributed by atoms with van der Waals surface area (Å²) in [4.78, 5) is 29.2. The predicted molar refractivity (Wildman–Crippen MR) is 112 cm³/mol. The molecule has 0 saturated carbocycles. The molecule has 4 rings (SSSR count). The third kappa shape index (κ3) is 3.99. The number of carbonyl (C=O) groups is 1. The average Bonchev–Trinajstić information content (AvgIpc) is 3.27. The highest BCUT2D eigenvalue weighted by Crippen LogP contribution is 2.40. The first-order chi connectivity index (χ1) is 13.7. The van der Waals surface area contributed by atoms with Gasteiger partial charge in [-0.15, -0.1) is 11.3 Å². The third-order valence-electron chi connectivity index (χ3n) is 5.45. The molecular formula is C20H29N5O2S. The number of ether oxygens (including phenoxy) is 1. The second kappa shape index (κ2) is 8.71. The topological polar surface area (TPSA) is 70.6 Å². The number of nitrogens with zero attached hydrogens (tertiary/aromatic N) is 4. The lowest BCUT2D eigenvalue weighted by atomic mass is 10.1. The summed E-state index contributed by atoms with van der Waals surface area (Å²) in [5.74, 6) is 1.82. The average molecular weight is 404 g/mol. The summed E-state index contributed by atoms with van der Waals surface area (Å²) < 4.78 is 5.46. The van der Waals surface area contributed by atoms with Crippen LogP contribution in [-0.4, -0.2) is 66.7 Å². The number of hydrogen-bond donors (Lipinski definition) is 1. The second-order valence-electron chi connectivity index (χ2n) is 7.36. The summed E-state index contributed by atoms with van der Waals surface area (Å²) in [5, 5.41) is 4.09. The van der Waals surface area contributed by atoms with E-state index in [1.165, 1.54) is 22.2 Å². The number of rotatable bonds is 7. The molecule has 1 amide bonds. The van der Waals surface area contributed by atoms with E-state index in [1.807, 2.05) is 18.3 Å². The Morgan fingerprint density at radius 1 is 1.25 bits per heavy atom. The van der Waals surface area contributed by atoms with Gasteiger partial charge < -0.3 is 15.0 Å². The Balaban J connectivity index is 1.71. The fraction of sp³-hybridized carbons (Fsp3) is 0.650. The maximum atomic E-state index is 12.3. The molecule has 3 heterocycles. The van der Waals surface area contributed by atoms with Crippen LogP contribution in [0.1, 0.15) is 36.5 Å². The zero-order chi connectivity index (χ0) is 19.5. The Bertz CT molecular complexity index is 847. The summed E-state index contributed by atoms with van der Waals surface area (Å²) in [6, 6.07) is 0. The number of likely N-dealkylation sites (N-methyl/N-ethyl adjacent to an activating group) is 2. The van der Waals surface area contributed by atoms with Crippen molar-refractivity contribution in [2.24, 2.45) is 0 Å². The minimum atomic E-state index is 0.0396. The molecule has 0 radical (unpaired) electrons. The largest absolute Gasteiger partial charge is 0.379 e. The van der Waals surface area contributed by atoms with Crippen LogP contribution in [0.25, 0.3) is 10.2 Å². The number of fused-ring (bicyclic) bond motifs is 3. The van der Waals surface area contributed by atoms with E-state index >= 15 is 0 Å². The molecule has 1 aliphatic carbocycles. The van der Waals surface area contributed by atoms with Gasteiger partial charge in [-0.2, -0.15) is 0 Å². The van der Waals surface area contributed by atoms with Gasteiger partial charge in [0.05, 0.1) is 31.7 Å². The van der Waals surface area contributed by atoms with E-state index < -0.39 is 0 Å². The molecule has 1 saturated heterocycles. The van der Waals surface area contributed by atoms with Gasteiger partial charge in [-0.05, 0) is 38.7 Å². The van der Waals surface area contributed by atoms with Crippen molar-refractivity contribution in [3.8, 4) is 0 Å². The number of thiophene rings is 1. The van der Waals surface area contributed by atoms with Crippen LogP contribution in [0, 0.1) is 0 Å². The number of aromatic nitrogens is 2. The van der Waals surface area contributed by atoms with Gasteiger partial charge in [0.15, 0.2) is 0 Å². The molecule has 1 fully saturated rings. The number of nitrogens with one attached hydrogen (secondary N) is 1. The molecule has 1 N–H and O–H groups in total. The van der Waals surface area contributed by atoms with E-state index in [4.69, 9.17) is 14.7 Å². The van der Waals surface area contributed by atoms with Gasteiger partial charge in [0.2, 0.25) is 5.91 Å². The van der Waals surface area contributed by atoms with Gasteiger partial charge in [-0.1, -0.05) is 0 Å². The second-order valence-corrected chi connectivity index (χ2v) is 8.44. The molecule has 2 aromatic rings. The highest BCUT2D eigenvalue weighted by atomic mass is 32.1. The van der Waals surface area contributed by atoms with E-state index in [2.05, 4.69) is 22.0 Å². The first-order valence-electron chi connectivity index (χ1n) is 10.3. The zero-order valence-corrected chi connectivity index (χ0v) is 17.6. The number of anilines is 1. The van der Waals surface area contributed by atoms with E-state index in [9.17, 15) is 4.79 Å². The summed E-state index contributed by atoms with van der Waals surface area (Å²) in [6.45, 7) is 9.83. The lowest BCUT2D eigenvalue weighted by molar-refractivity contribution is -0.119. The maximum absolute atomic E-state index is 12.3. The van der Waals surface area contributed by atoms with Crippen molar-refractivity contribution in [3.05, 3.63) is 16.3 Å². The van der Waals surface area contributed by atoms with E-state index in [0.29, 0.717) is 13.1 Å². The summed E-state index contributed by atoms with van der Waals surface area (Å²) >= 11 is 1.81. The third-order valence-corrected chi connectivity index (χ3v) is 6.64. The molecule has 152 valence electrons. The number of morpholine rings is 1. The molecule has 0 atom stereocenters. The monoisotopic (exact) mass is 403 g/mol. The quantitative estimate of drug-likeness (QED) is 0.762. The van der Waals surface area contributed by atoms with Crippen molar-refractivity contribution in [1.82, 2.24) is 20.2 Å². The Kier molecular flexibility index (Phi) is 6.08. The van der Waals surface area contributed by atoms with Crippen LogP contribution in [0.3, 0.4) is 0 Å². The van der Waals surface area contributed by atoms with Crippen molar-refractivity contribution in [1.29, 1.82) is 0 Å². The minimum Gasteiger partial charge on any atom is -0.379 e. The SMILES string of the molecule is CCNC(=O)CN(CC)c1nc(CN2CCOCC2)nc2sc3c(c12)CCC3. The molecule has 0 bridgehead atoms. The van der Waals surface area contributed by atoms with Gasteiger partial charge >= 0.3 is 0 Å². The number of hydrogen-bond acceptors (Lipinski definition) is 7. The highest BCUT2D eigenvalue weighted by Gasteiger charge is 2.26. The minimum absolute atomic E-state index is 0.0396. The number of carbonyl (C=O) groups excluding carboxylic acids is 1. The first-order valence-corrected chi connectivity index (χ1v) is 11.1. The van der Waals surface area contributed by atoms with Crippen molar-refractivity contribution in [2.75, 3.05) is 50.8 Å². The van der Waals surface area contributed by atoms with Crippen LogP contribution in [-0.2, 0) is 28.9 Å². The van der Waals surface area contributed by atoms with Crippen molar-refractivity contribution in [3.63, 3.8) is 0 Å². The molecule has 0 aromatic carbocycles. The molecule has 2 aliphatic rings. The molecule has 28 heavy (non-hydrogen) atoms. The van der Waals surface area contributed by atoms with Crippen LogP contribution in [0.5, 0.6) is 0 Å². The van der Waals surface area contributed by atoms with Crippen molar-refractivity contribution < 1.29 is 9.53 Å². The summed E-state index contributed by atoms with van der Waals surface area (Å²) in [7, 11) is 0. The first kappa shape index (κ1) is 19.5. The standard InChI is InChI=1S/C20H29N5O2S/c1-3-21-17(26)13-25(4-2)19-18-14-6-5-7-15(14)28-20(18)23-16(22-19)12-24-8-10-27-11-9-24/h3-13H2,1-2H3,(H,21,26). The van der Waals surface area contributed by atoms with Crippen molar-refractivity contribution in [2.45, 2.75) is 39.7 Å². The molecular weight excluding hydrogens is 374 g/mol. The number of aryl methyl sites for hydroxylation is 2. The van der Waals surface area contributed by atoms with Crippen LogP contribution in [0.2, 0.25) is 0 Å². The Labute approximate surface area is 170 Å². The molecule has 1 aliphatic heterocycles. The normalized spacial score (nSPS) is 17.1. The summed E-state index contributed by atoms with van der Waals surface area (Å²) in [5.41, 5.74) is 1.40. The molecule has 7 nitrogen and oxygen atoms in total. The Hall–Kier alpha value is -1.77. The number of amides is 1. The van der Waals surface area contributed by atoms with Crippen molar-refractivity contribution >= 4 is 33.3 Å². The van der Waals surface area contributed by atoms with Gasteiger partial charge in [0.25, 0.3) is 0 Å². The molecule has 0 unspecified atom stereocenters. The Morgan fingerprint density at radius 3 is 2.82 bits per heavy atom. The maximum Gasteiger partial charge on any atom is 0.239 e. The van der Waals surface area contributed by atoms with Crippen LogP contribution < -0.4 is 10.2 Å². The van der Waals surface area contributed by atoms with Gasteiger partial charge in [0.1, 0.15) is 16.5 Å². The fourth-order valence-electron chi connectivity index (χ4n) is 4.04. The van der Waals surface area contributed by atoms with Crippen LogP contribution in [0.4, 0.5) is 5.82 Å². The lowest BCUT2D eigenvalue weighted by Crippen LogP contribution is -2.38. The van der Waals surface area contributed by atoms with Crippen LogP contribution >= 0.6 is 11.3 Å². The van der Waals surface area contributed by atoms with E-state index in [0.717, 1.165) is 68.7 Å². The van der Waals surface area contributed by atoms with Gasteiger partial charge in [-0.25, -0.2) is 9.97 Å². The van der Waals surface area contributed by atoms with Gasteiger partial charge in [0, 0.05) is 31.1 Å². The zero-order valence-electron chi connectivity index (χ0n) is 16.8. The van der Waals surface area contributed by atoms with E-state index in [-0.39, 0.29) is 5.91 Å². The van der Waals surface area contributed by atoms with E-state index in [1.54, 1.807) is 0 Å². The molecule has 8 heteroatoms. The fourth-order valence-corrected chi connectivity index (χ4v) is 5.32.